The van der Waals surface area contributed by atoms with Gasteiger partial charge >= 0.3 is 18.1 Å². The van der Waals surface area contributed by atoms with E-state index in [9.17, 15) is 22.8 Å². The number of carbonyl (C=O) groups excluding carboxylic acids is 2. The fraction of sp³-hybridized carbons (Fsp3) is 0.263. The van der Waals surface area contributed by atoms with Crippen LogP contribution in [0.2, 0.25) is 0 Å². The van der Waals surface area contributed by atoms with Crippen molar-refractivity contribution in [2.45, 2.75) is 25.2 Å². The van der Waals surface area contributed by atoms with E-state index in [4.69, 9.17) is 10.5 Å². The average molecular weight is 381 g/mol. The van der Waals surface area contributed by atoms with Crippen LogP contribution in [0.5, 0.6) is 0 Å². The Kier molecular flexibility index (Phi) is 7.09. The summed E-state index contributed by atoms with van der Waals surface area (Å²) in [6.07, 6.45) is -4.55. The first-order valence-electron chi connectivity index (χ1n) is 8.05. The van der Waals surface area contributed by atoms with Crippen LogP contribution in [-0.4, -0.2) is 30.8 Å². The van der Waals surface area contributed by atoms with Crippen LogP contribution in [0, 0.1) is 0 Å². The van der Waals surface area contributed by atoms with Gasteiger partial charge in [0.2, 0.25) is 0 Å². The molecule has 0 aliphatic rings. The summed E-state index contributed by atoms with van der Waals surface area (Å²) in [7, 11) is 0. The van der Waals surface area contributed by atoms with E-state index >= 15 is 0 Å². The van der Waals surface area contributed by atoms with E-state index in [1.165, 1.54) is 24.3 Å². The highest BCUT2D eigenvalue weighted by molar-refractivity contribution is 5.98. The summed E-state index contributed by atoms with van der Waals surface area (Å²) in [6, 6.07) is 15.1. The molecule has 0 saturated heterocycles. The normalized spacial score (nSPS) is 12.4. The van der Waals surface area contributed by atoms with Gasteiger partial charge in [-0.05, 0) is 29.7 Å². The lowest BCUT2D eigenvalue weighted by atomic mass is 10.1. The molecule has 0 fully saturated rings. The minimum Gasteiger partial charge on any atom is -0.383 e. The Bertz CT molecular complexity index is 761. The number of alkyl halides is 3. The molecule has 144 valence electrons. The second-order valence-electron chi connectivity index (χ2n) is 5.84. The van der Waals surface area contributed by atoms with Crippen molar-refractivity contribution < 1.29 is 32.2 Å². The molecular formula is C19H18F3NO4. The number of benzene rings is 2. The highest BCUT2D eigenvalue weighted by Gasteiger charge is 2.42. The summed E-state index contributed by atoms with van der Waals surface area (Å²) in [5.41, 5.74) is 7.63. The van der Waals surface area contributed by atoms with Crippen molar-refractivity contribution in [3.05, 3.63) is 71.3 Å². The third-order valence-corrected chi connectivity index (χ3v) is 3.55. The molecule has 0 heterocycles. The van der Waals surface area contributed by atoms with Gasteiger partial charge in [-0.2, -0.15) is 13.2 Å². The maximum atomic E-state index is 12.1. The minimum absolute atomic E-state index is 0.169. The lowest BCUT2D eigenvalue weighted by molar-refractivity contribution is -0.193. The van der Waals surface area contributed by atoms with Gasteiger partial charge in [0.1, 0.15) is 0 Å². The summed E-state index contributed by atoms with van der Waals surface area (Å²) in [5.74, 6) is -3.91. The molecule has 0 radical (unpaired) electrons. The van der Waals surface area contributed by atoms with Gasteiger partial charge < -0.3 is 15.2 Å². The highest BCUT2D eigenvalue weighted by Crippen LogP contribution is 2.18. The van der Waals surface area contributed by atoms with Gasteiger partial charge in [-0.25, -0.2) is 9.59 Å². The van der Waals surface area contributed by atoms with Crippen LogP contribution in [-0.2, 0) is 27.3 Å². The van der Waals surface area contributed by atoms with Gasteiger partial charge in [-0.3, -0.25) is 0 Å². The van der Waals surface area contributed by atoms with E-state index in [-0.39, 0.29) is 18.2 Å². The van der Waals surface area contributed by atoms with Crippen molar-refractivity contribution in [3.8, 4) is 0 Å². The maximum Gasteiger partial charge on any atom is 0.491 e. The first kappa shape index (κ1) is 20.6. The number of ether oxygens (including phenoxy) is 2. The maximum absolute atomic E-state index is 12.1. The van der Waals surface area contributed by atoms with E-state index in [1.54, 1.807) is 0 Å². The molecule has 2 aromatic rings. The van der Waals surface area contributed by atoms with Crippen molar-refractivity contribution in [1.82, 2.24) is 0 Å². The number of carbonyl (C=O) groups is 2. The average Bonchev–Trinajstić information content (AvgIpc) is 2.62. The molecule has 2 aromatic carbocycles. The quantitative estimate of drug-likeness (QED) is 0.589. The third-order valence-electron chi connectivity index (χ3n) is 3.55. The zero-order valence-electron chi connectivity index (χ0n) is 14.2. The predicted molar refractivity (Wildman–Crippen MR) is 90.7 cm³/mol. The molecular weight excluding hydrogens is 363 g/mol. The lowest BCUT2D eigenvalue weighted by Gasteiger charge is -2.12. The van der Waals surface area contributed by atoms with Crippen LogP contribution >= 0.6 is 0 Å². The molecule has 0 aromatic heterocycles. The fourth-order valence-electron chi connectivity index (χ4n) is 2.24. The zero-order chi connectivity index (χ0) is 19.9. The Morgan fingerprint density at radius 1 is 0.963 bits per heavy atom. The van der Waals surface area contributed by atoms with Gasteiger partial charge in [0.25, 0.3) is 0 Å². The molecule has 2 rings (SSSR count). The van der Waals surface area contributed by atoms with Gasteiger partial charge in [-0.15, -0.1) is 0 Å². The molecule has 0 aliphatic heterocycles. The van der Waals surface area contributed by atoms with Crippen LogP contribution < -0.4 is 5.73 Å². The number of hydrogen-bond acceptors (Lipinski definition) is 5. The molecule has 2 N–H and O–H groups in total. The second-order valence-corrected chi connectivity index (χ2v) is 5.84. The SMILES string of the molecule is N[C@H](COCc1ccc(C(=O)OC(=O)C(F)(F)F)cc1)Cc1ccccc1. The number of esters is 2. The molecule has 8 heteroatoms. The van der Waals surface area contributed by atoms with Crippen LogP contribution in [0.3, 0.4) is 0 Å². The van der Waals surface area contributed by atoms with E-state index in [0.29, 0.717) is 18.6 Å². The van der Waals surface area contributed by atoms with Gasteiger partial charge in [0, 0.05) is 6.04 Å². The lowest BCUT2D eigenvalue weighted by Crippen LogP contribution is -2.28. The number of nitrogens with two attached hydrogens (primary N) is 1. The smallest absolute Gasteiger partial charge is 0.383 e. The van der Waals surface area contributed by atoms with Crippen LogP contribution in [0.1, 0.15) is 21.5 Å². The Morgan fingerprint density at radius 3 is 2.19 bits per heavy atom. The second kappa shape index (κ2) is 9.29. The summed E-state index contributed by atoms with van der Waals surface area (Å²) < 4.78 is 45.5. The molecule has 0 bridgehead atoms. The summed E-state index contributed by atoms with van der Waals surface area (Å²) in [5, 5.41) is 0. The van der Waals surface area contributed by atoms with Crippen molar-refractivity contribution in [1.29, 1.82) is 0 Å². The zero-order valence-corrected chi connectivity index (χ0v) is 14.2. The van der Waals surface area contributed by atoms with Crippen molar-refractivity contribution in [2.24, 2.45) is 5.73 Å². The molecule has 0 unspecified atom stereocenters. The summed E-state index contributed by atoms with van der Waals surface area (Å²) >= 11 is 0. The number of halogens is 3. The standard InChI is InChI=1S/C19H18F3NO4/c20-19(21,22)18(25)27-17(24)15-8-6-14(7-9-15)11-26-12-16(23)10-13-4-2-1-3-5-13/h1-9,16H,10-12,23H2/t16-/m0/s1. The Labute approximate surface area is 153 Å². The first-order chi connectivity index (χ1) is 12.8. The largest absolute Gasteiger partial charge is 0.491 e. The minimum atomic E-state index is -5.22. The van der Waals surface area contributed by atoms with Crippen molar-refractivity contribution >= 4 is 11.9 Å². The van der Waals surface area contributed by atoms with Crippen molar-refractivity contribution in [3.63, 3.8) is 0 Å². The predicted octanol–water partition coefficient (Wildman–Crippen LogP) is 3.02. The van der Waals surface area contributed by atoms with Crippen molar-refractivity contribution in [2.75, 3.05) is 6.61 Å². The van der Waals surface area contributed by atoms with Crippen LogP contribution in [0.25, 0.3) is 0 Å². The summed E-state index contributed by atoms with van der Waals surface area (Å²) in [6.45, 7) is 0.540. The van der Waals surface area contributed by atoms with E-state index in [1.807, 2.05) is 30.3 Å². The molecule has 0 amide bonds. The molecule has 27 heavy (non-hydrogen) atoms. The third kappa shape index (κ3) is 6.84. The molecule has 5 nitrogen and oxygen atoms in total. The Morgan fingerprint density at radius 2 is 1.59 bits per heavy atom. The fourth-order valence-corrected chi connectivity index (χ4v) is 2.24. The van der Waals surface area contributed by atoms with E-state index in [2.05, 4.69) is 4.74 Å². The molecule has 0 aliphatic carbocycles. The Balaban J connectivity index is 1.78. The highest BCUT2D eigenvalue weighted by atomic mass is 19.4. The summed E-state index contributed by atoms with van der Waals surface area (Å²) in [4.78, 5) is 22.2. The Hall–Kier alpha value is -2.71. The molecule has 0 saturated carbocycles. The van der Waals surface area contributed by atoms with Crippen LogP contribution in [0.4, 0.5) is 13.2 Å². The van der Waals surface area contributed by atoms with Gasteiger partial charge in [0.05, 0.1) is 18.8 Å². The van der Waals surface area contributed by atoms with E-state index < -0.39 is 18.1 Å². The van der Waals surface area contributed by atoms with Crippen LogP contribution in [0.15, 0.2) is 54.6 Å². The number of rotatable bonds is 7. The topological polar surface area (TPSA) is 78.6 Å². The van der Waals surface area contributed by atoms with E-state index in [0.717, 1.165) is 5.56 Å². The molecule has 0 spiro atoms. The molecule has 1 atom stereocenters. The number of hydrogen-bond donors (Lipinski definition) is 1. The van der Waals surface area contributed by atoms with Gasteiger partial charge in [0.15, 0.2) is 0 Å². The van der Waals surface area contributed by atoms with Gasteiger partial charge in [-0.1, -0.05) is 42.5 Å². The monoisotopic (exact) mass is 381 g/mol. The first-order valence-corrected chi connectivity index (χ1v) is 8.05.